The molecule has 0 radical (unpaired) electrons. The smallest absolute Gasteiger partial charge is 0.233 e. The van der Waals surface area contributed by atoms with Crippen molar-refractivity contribution in [2.45, 2.75) is 29.8 Å². The molecule has 0 saturated heterocycles. The van der Waals surface area contributed by atoms with Gasteiger partial charge in [0, 0.05) is 25.5 Å². The van der Waals surface area contributed by atoms with Crippen LogP contribution >= 0.6 is 11.6 Å². The number of aromatic nitrogens is 3. The largest absolute Gasteiger partial charge is 0.419 e. The van der Waals surface area contributed by atoms with E-state index in [1.165, 1.54) is 0 Å². The Morgan fingerprint density at radius 1 is 1.13 bits per heavy atom. The van der Waals surface area contributed by atoms with Crippen LogP contribution in [0, 0.1) is 6.92 Å². The summed E-state index contributed by atoms with van der Waals surface area (Å²) >= 11 is 6.27. The topological polar surface area (TPSA) is 90.0 Å². The van der Waals surface area contributed by atoms with Crippen molar-refractivity contribution >= 4 is 27.3 Å². The van der Waals surface area contributed by atoms with Gasteiger partial charge in [0.25, 0.3) is 0 Å². The van der Waals surface area contributed by atoms with E-state index in [0.717, 1.165) is 18.5 Å². The van der Waals surface area contributed by atoms with E-state index < -0.39 is 9.84 Å². The number of sulfone groups is 1. The van der Waals surface area contributed by atoms with E-state index in [2.05, 4.69) is 15.3 Å². The second-order valence-corrected chi connectivity index (χ2v) is 9.30. The Bertz CT molecular complexity index is 1270. The van der Waals surface area contributed by atoms with Crippen LogP contribution in [0.4, 0.5) is 5.88 Å². The SMILES string of the molecule is Cc1ccc(S(=O)(=O)c2nc(-c3ccccc3Cl)oc2NCCCn2ccnc2)cc1. The third kappa shape index (κ3) is 4.65. The van der Waals surface area contributed by atoms with Gasteiger partial charge < -0.3 is 14.3 Å². The highest BCUT2D eigenvalue weighted by Crippen LogP contribution is 2.35. The van der Waals surface area contributed by atoms with E-state index in [9.17, 15) is 8.42 Å². The van der Waals surface area contributed by atoms with Crippen molar-refractivity contribution in [3.63, 3.8) is 0 Å². The van der Waals surface area contributed by atoms with E-state index >= 15 is 0 Å². The fraction of sp³-hybridized carbons (Fsp3) is 0.182. The molecular weight excluding hydrogens is 436 g/mol. The molecule has 4 aromatic rings. The van der Waals surface area contributed by atoms with E-state index in [4.69, 9.17) is 16.0 Å². The van der Waals surface area contributed by atoms with Crippen LogP contribution < -0.4 is 5.32 Å². The molecule has 2 heterocycles. The predicted molar refractivity (Wildman–Crippen MR) is 119 cm³/mol. The highest BCUT2D eigenvalue weighted by molar-refractivity contribution is 7.91. The van der Waals surface area contributed by atoms with Crippen molar-refractivity contribution in [3.05, 3.63) is 77.8 Å². The van der Waals surface area contributed by atoms with Crippen LogP contribution in [0.5, 0.6) is 0 Å². The number of rotatable bonds is 8. The highest BCUT2D eigenvalue weighted by Gasteiger charge is 2.28. The molecule has 0 aliphatic rings. The molecule has 0 aliphatic heterocycles. The summed E-state index contributed by atoms with van der Waals surface area (Å²) in [7, 11) is -3.89. The number of benzene rings is 2. The summed E-state index contributed by atoms with van der Waals surface area (Å²) in [6.07, 6.45) is 6.06. The fourth-order valence-corrected chi connectivity index (χ4v) is 4.56. The molecular formula is C22H21ClN4O3S. The minimum absolute atomic E-state index is 0.0983. The zero-order valence-corrected chi connectivity index (χ0v) is 18.4. The molecule has 2 aromatic heterocycles. The number of hydrogen-bond acceptors (Lipinski definition) is 6. The Morgan fingerprint density at radius 3 is 2.61 bits per heavy atom. The maximum atomic E-state index is 13.3. The third-order valence-electron chi connectivity index (χ3n) is 4.72. The second-order valence-electron chi connectivity index (χ2n) is 7.03. The molecule has 0 amide bonds. The molecule has 4 rings (SSSR count). The van der Waals surface area contributed by atoms with Gasteiger partial charge in [-0.15, -0.1) is 0 Å². The third-order valence-corrected chi connectivity index (χ3v) is 6.73. The summed E-state index contributed by atoms with van der Waals surface area (Å²) in [6.45, 7) is 3.12. The lowest BCUT2D eigenvalue weighted by molar-refractivity contribution is 0.571. The van der Waals surface area contributed by atoms with Crippen LogP contribution in [0.1, 0.15) is 12.0 Å². The first-order chi connectivity index (χ1) is 14.9. The van der Waals surface area contributed by atoms with Gasteiger partial charge >= 0.3 is 0 Å². The first kappa shape index (κ1) is 21.1. The molecule has 0 saturated carbocycles. The Balaban J connectivity index is 1.66. The highest BCUT2D eigenvalue weighted by atomic mass is 35.5. The monoisotopic (exact) mass is 456 g/mol. The second kappa shape index (κ2) is 8.95. The molecule has 160 valence electrons. The predicted octanol–water partition coefficient (Wildman–Crippen LogP) is 4.83. The summed E-state index contributed by atoms with van der Waals surface area (Å²) in [4.78, 5) is 8.49. The van der Waals surface area contributed by atoms with Gasteiger partial charge in [-0.05, 0) is 37.6 Å². The molecule has 0 aliphatic carbocycles. The lowest BCUT2D eigenvalue weighted by Gasteiger charge is -2.07. The number of aryl methyl sites for hydroxylation is 2. The Labute approximate surface area is 185 Å². The number of hydrogen-bond donors (Lipinski definition) is 1. The lowest BCUT2D eigenvalue weighted by Crippen LogP contribution is -2.10. The van der Waals surface area contributed by atoms with Gasteiger partial charge in [0.15, 0.2) is 0 Å². The zero-order chi connectivity index (χ0) is 21.8. The van der Waals surface area contributed by atoms with Gasteiger partial charge in [-0.2, -0.15) is 4.98 Å². The zero-order valence-electron chi connectivity index (χ0n) is 16.8. The first-order valence-corrected chi connectivity index (χ1v) is 11.6. The van der Waals surface area contributed by atoms with Crippen LogP contribution in [0.25, 0.3) is 11.5 Å². The van der Waals surface area contributed by atoms with Gasteiger partial charge in [0.05, 0.1) is 21.8 Å². The molecule has 0 unspecified atom stereocenters. The van der Waals surface area contributed by atoms with Crippen LogP contribution in [-0.4, -0.2) is 29.5 Å². The molecule has 2 aromatic carbocycles. The van der Waals surface area contributed by atoms with Gasteiger partial charge in [0.1, 0.15) is 0 Å². The average molecular weight is 457 g/mol. The Kier molecular flexibility index (Phi) is 6.11. The fourth-order valence-electron chi connectivity index (χ4n) is 3.06. The number of imidazole rings is 1. The molecule has 0 atom stereocenters. The number of anilines is 1. The number of nitrogens with zero attached hydrogens (tertiary/aromatic N) is 3. The van der Waals surface area contributed by atoms with E-state index in [1.54, 1.807) is 61.1 Å². The average Bonchev–Trinajstić information content (AvgIpc) is 3.42. The summed E-state index contributed by atoms with van der Waals surface area (Å²) in [5.74, 6) is 0.245. The summed E-state index contributed by atoms with van der Waals surface area (Å²) in [6, 6.07) is 13.6. The first-order valence-electron chi connectivity index (χ1n) is 9.72. The molecule has 7 nitrogen and oxygen atoms in total. The van der Waals surface area contributed by atoms with Crippen molar-refractivity contribution < 1.29 is 12.8 Å². The Hall–Kier alpha value is -3.10. The van der Waals surface area contributed by atoms with E-state index in [-0.39, 0.29) is 21.7 Å². The standard InChI is InChI=1S/C22H21ClN4O3S/c1-16-7-9-17(10-8-16)31(28,29)22-21(25-11-4-13-27-14-12-24-15-27)30-20(26-22)18-5-2-3-6-19(18)23/h2-3,5-10,12,14-15,25H,4,11,13H2,1H3. The minimum atomic E-state index is -3.89. The molecule has 0 fully saturated rings. The molecule has 9 heteroatoms. The molecule has 0 spiro atoms. The summed E-state index contributed by atoms with van der Waals surface area (Å²) < 4.78 is 34.4. The molecule has 1 N–H and O–H groups in total. The van der Waals surface area contributed by atoms with Crippen LogP contribution in [-0.2, 0) is 16.4 Å². The maximum absolute atomic E-state index is 13.3. The number of nitrogens with one attached hydrogen (secondary N) is 1. The van der Waals surface area contributed by atoms with Crippen molar-refractivity contribution in [1.82, 2.24) is 14.5 Å². The molecule has 0 bridgehead atoms. The van der Waals surface area contributed by atoms with E-state index in [0.29, 0.717) is 17.1 Å². The van der Waals surface area contributed by atoms with Crippen molar-refractivity contribution in [3.8, 4) is 11.5 Å². The summed E-state index contributed by atoms with van der Waals surface area (Å²) in [5, 5.41) is 3.35. The maximum Gasteiger partial charge on any atom is 0.233 e. The van der Waals surface area contributed by atoms with Gasteiger partial charge in [0.2, 0.25) is 26.6 Å². The van der Waals surface area contributed by atoms with Crippen LogP contribution in [0.15, 0.2) is 81.6 Å². The van der Waals surface area contributed by atoms with Gasteiger partial charge in [-0.3, -0.25) is 0 Å². The number of oxazole rings is 1. The van der Waals surface area contributed by atoms with E-state index in [1.807, 2.05) is 17.7 Å². The van der Waals surface area contributed by atoms with Crippen molar-refractivity contribution in [1.29, 1.82) is 0 Å². The van der Waals surface area contributed by atoms with Crippen molar-refractivity contribution in [2.75, 3.05) is 11.9 Å². The lowest BCUT2D eigenvalue weighted by atomic mass is 10.2. The normalized spacial score (nSPS) is 11.5. The van der Waals surface area contributed by atoms with Crippen LogP contribution in [0.2, 0.25) is 5.02 Å². The quantitative estimate of drug-likeness (QED) is 0.382. The summed E-state index contributed by atoms with van der Waals surface area (Å²) in [5.41, 5.74) is 1.49. The van der Waals surface area contributed by atoms with Gasteiger partial charge in [-0.25, -0.2) is 13.4 Å². The Morgan fingerprint density at radius 2 is 1.90 bits per heavy atom. The minimum Gasteiger partial charge on any atom is -0.419 e. The van der Waals surface area contributed by atoms with Gasteiger partial charge in [-0.1, -0.05) is 41.4 Å². The molecule has 31 heavy (non-hydrogen) atoms. The van der Waals surface area contributed by atoms with Crippen molar-refractivity contribution in [2.24, 2.45) is 0 Å². The number of halogens is 1. The van der Waals surface area contributed by atoms with Crippen LogP contribution in [0.3, 0.4) is 0 Å².